The van der Waals surface area contributed by atoms with Crippen LogP contribution in [0.2, 0.25) is 0 Å². The minimum absolute atomic E-state index is 0. The first kappa shape index (κ1) is 17.8. The summed E-state index contributed by atoms with van der Waals surface area (Å²) in [6, 6.07) is 3.09. The van der Waals surface area contributed by atoms with E-state index in [4.69, 9.17) is 5.73 Å². The van der Waals surface area contributed by atoms with Crippen LogP contribution < -0.4 is 11.1 Å². The topological polar surface area (TPSA) is 58.4 Å². The number of hydrogen-bond acceptors (Lipinski definition) is 3. The number of amides is 1. The monoisotopic (exact) mass is 319 g/mol. The van der Waals surface area contributed by atoms with E-state index in [-0.39, 0.29) is 30.5 Å². The molecule has 1 aromatic carbocycles. The number of nitrogens with one attached hydrogen (secondary N) is 1. The summed E-state index contributed by atoms with van der Waals surface area (Å²) in [5.41, 5.74) is 5.62. The van der Waals surface area contributed by atoms with Gasteiger partial charge < -0.3 is 11.1 Å². The second-order valence-electron chi connectivity index (χ2n) is 5.13. The molecule has 0 radical (unpaired) electrons. The summed E-state index contributed by atoms with van der Waals surface area (Å²) in [6.07, 6.45) is 1.96. The number of carbonyl (C=O) groups is 1. The molecule has 2 rings (SSSR count). The second kappa shape index (κ2) is 8.26. The molecule has 0 aromatic heterocycles. The van der Waals surface area contributed by atoms with E-state index >= 15 is 0 Å². The summed E-state index contributed by atoms with van der Waals surface area (Å²) in [7, 11) is 0. The first-order valence-electron chi connectivity index (χ1n) is 6.76. The third-order valence-corrected chi connectivity index (χ3v) is 3.61. The first-order valence-corrected chi connectivity index (χ1v) is 6.76. The van der Waals surface area contributed by atoms with Crippen molar-refractivity contribution in [2.75, 3.05) is 31.5 Å². The molecule has 1 aromatic rings. The predicted octanol–water partition coefficient (Wildman–Crippen LogP) is 2.00. The standard InChI is InChI=1S/C14H19F2N3O.ClH/c15-11-1-2-13(12(16)7-11)18-14(20)9-19-5-3-10(8-17)4-6-19;/h1-2,7,10H,3-6,8-9,17H2,(H,18,20);1H. The Morgan fingerprint density at radius 3 is 2.57 bits per heavy atom. The fourth-order valence-corrected chi connectivity index (χ4v) is 2.36. The molecular formula is C14H20ClF2N3O. The third kappa shape index (κ3) is 5.22. The quantitative estimate of drug-likeness (QED) is 0.892. The van der Waals surface area contributed by atoms with Gasteiger partial charge in [0.15, 0.2) is 0 Å². The van der Waals surface area contributed by atoms with Gasteiger partial charge in [0.25, 0.3) is 0 Å². The van der Waals surface area contributed by atoms with E-state index in [0.29, 0.717) is 12.5 Å². The van der Waals surface area contributed by atoms with Crippen LogP contribution in [0.3, 0.4) is 0 Å². The Hall–Kier alpha value is -1.24. The molecule has 0 spiro atoms. The number of carbonyl (C=O) groups excluding carboxylic acids is 1. The smallest absolute Gasteiger partial charge is 0.238 e. The number of likely N-dealkylation sites (tertiary alicyclic amines) is 1. The maximum atomic E-state index is 13.4. The molecule has 1 heterocycles. The van der Waals surface area contributed by atoms with Crippen molar-refractivity contribution in [1.29, 1.82) is 0 Å². The van der Waals surface area contributed by atoms with Gasteiger partial charge in [0.05, 0.1) is 12.2 Å². The Morgan fingerprint density at radius 1 is 1.33 bits per heavy atom. The Bertz CT molecular complexity index is 479. The molecule has 0 saturated carbocycles. The van der Waals surface area contributed by atoms with E-state index in [0.717, 1.165) is 38.1 Å². The minimum Gasteiger partial charge on any atom is -0.330 e. The molecule has 1 saturated heterocycles. The molecule has 4 nitrogen and oxygen atoms in total. The molecule has 3 N–H and O–H groups in total. The maximum absolute atomic E-state index is 13.4. The highest BCUT2D eigenvalue weighted by atomic mass is 35.5. The summed E-state index contributed by atoms with van der Waals surface area (Å²) in [5, 5.41) is 2.46. The lowest BCUT2D eigenvalue weighted by Crippen LogP contribution is -2.40. The van der Waals surface area contributed by atoms with E-state index in [1.165, 1.54) is 6.07 Å². The van der Waals surface area contributed by atoms with Crippen LogP contribution in [0, 0.1) is 17.6 Å². The van der Waals surface area contributed by atoms with E-state index < -0.39 is 11.6 Å². The van der Waals surface area contributed by atoms with E-state index in [2.05, 4.69) is 5.32 Å². The van der Waals surface area contributed by atoms with Crippen molar-refractivity contribution in [2.45, 2.75) is 12.8 Å². The number of nitrogens with zero attached hydrogens (tertiary/aromatic N) is 1. The highest BCUT2D eigenvalue weighted by Gasteiger charge is 2.20. The zero-order valence-electron chi connectivity index (χ0n) is 11.6. The molecular weight excluding hydrogens is 300 g/mol. The summed E-state index contributed by atoms with van der Waals surface area (Å²) in [6.45, 7) is 2.54. The number of hydrogen-bond donors (Lipinski definition) is 2. The van der Waals surface area contributed by atoms with Gasteiger partial charge in [-0.05, 0) is 50.5 Å². The van der Waals surface area contributed by atoms with Crippen molar-refractivity contribution < 1.29 is 13.6 Å². The molecule has 1 aliphatic heterocycles. The second-order valence-corrected chi connectivity index (χ2v) is 5.13. The highest BCUT2D eigenvalue weighted by molar-refractivity contribution is 5.92. The molecule has 0 atom stereocenters. The molecule has 118 valence electrons. The Labute approximate surface area is 129 Å². The third-order valence-electron chi connectivity index (χ3n) is 3.61. The molecule has 0 bridgehead atoms. The van der Waals surface area contributed by atoms with Crippen LogP contribution in [0.15, 0.2) is 18.2 Å². The molecule has 0 aliphatic carbocycles. The molecule has 7 heteroatoms. The lowest BCUT2D eigenvalue weighted by atomic mass is 9.97. The summed E-state index contributed by atoms with van der Waals surface area (Å²) in [4.78, 5) is 13.8. The molecule has 0 unspecified atom stereocenters. The van der Waals surface area contributed by atoms with Crippen molar-refractivity contribution in [3.63, 3.8) is 0 Å². The van der Waals surface area contributed by atoms with Gasteiger partial charge >= 0.3 is 0 Å². The van der Waals surface area contributed by atoms with E-state index in [1.54, 1.807) is 0 Å². The van der Waals surface area contributed by atoms with Gasteiger partial charge in [-0.3, -0.25) is 9.69 Å². The fourth-order valence-electron chi connectivity index (χ4n) is 2.36. The van der Waals surface area contributed by atoms with E-state index in [1.807, 2.05) is 4.90 Å². The number of anilines is 1. The normalized spacial score (nSPS) is 16.3. The average Bonchev–Trinajstić information content (AvgIpc) is 2.43. The lowest BCUT2D eigenvalue weighted by molar-refractivity contribution is -0.117. The van der Waals surface area contributed by atoms with Crippen LogP contribution in [-0.4, -0.2) is 37.0 Å². The zero-order valence-corrected chi connectivity index (χ0v) is 12.5. The first-order chi connectivity index (χ1) is 9.58. The van der Waals surface area contributed by atoms with Crippen LogP contribution in [0.5, 0.6) is 0 Å². The number of nitrogens with two attached hydrogens (primary N) is 1. The van der Waals surface area contributed by atoms with Gasteiger partial charge in [0.1, 0.15) is 11.6 Å². The van der Waals surface area contributed by atoms with Crippen LogP contribution in [0.25, 0.3) is 0 Å². The predicted molar refractivity (Wildman–Crippen MR) is 80.5 cm³/mol. The Morgan fingerprint density at radius 2 is 2.00 bits per heavy atom. The number of halogens is 3. The Kier molecular flexibility index (Phi) is 7.01. The van der Waals surface area contributed by atoms with Gasteiger partial charge in [-0.25, -0.2) is 8.78 Å². The van der Waals surface area contributed by atoms with Crippen LogP contribution in [-0.2, 0) is 4.79 Å². The molecule has 1 aliphatic rings. The fraction of sp³-hybridized carbons (Fsp3) is 0.500. The van der Waals surface area contributed by atoms with Crippen molar-refractivity contribution in [3.05, 3.63) is 29.8 Å². The van der Waals surface area contributed by atoms with Crippen LogP contribution in [0.1, 0.15) is 12.8 Å². The summed E-state index contributed by atoms with van der Waals surface area (Å²) in [5.74, 6) is -1.19. The van der Waals surface area contributed by atoms with Gasteiger partial charge in [-0.15, -0.1) is 12.4 Å². The Balaban J connectivity index is 0.00000220. The number of benzene rings is 1. The lowest BCUT2D eigenvalue weighted by Gasteiger charge is -2.30. The van der Waals surface area contributed by atoms with Gasteiger partial charge in [-0.1, -0.05) is 0 Å². The van der Waals surface area contributed by atoms with Crippen molar-refractivity contribution in [3.8, 4) is 0 Å². The average molecular weight is 320 g/mol. The van der Waals surface area contributed by atoms with Crippen LogP contribution >= 0.6 is 12.4 Å². The zero-order chi connectivity index (χ0) is 14.5. The van der Waals surface area contributed by atoms with Crippen molar-refractivity contribution in [1.82, 2.24) is 4.90 Å². The molecule has 1 amide bonds. The van der Waals surface area contributed by atoms with Gasteiger partial charge in [0, 0.05) is 6.07 Å². The van der Waals surface area contributed by atoms with Gasteiger partial charge in [0.2, 0.25) is 5.91 Å². The number of rotatable bonds is 4. The largest absolute Gasteiger partial charge is 0.330 e. The maximum Gasteiger partial charge on any atom is 0.238 e. The van der Waals surface area contributed by atoms with Crippen molar-refractivity contribution in [2.24, 2.45) is 11.7 Å². The van der Waals surface area contributed by atoms with Gasteiger partial charge in [-0.2, -0.15) is 0 Å². The SMILES string of the molecule is Cl.NCC1CCN(CC(=O)Nc2ccc(F)cc2F)CC1. The van der Waals surface area contributed by atoms with E-state index in [9.17, 15) is 13.6 Å². The van der Waals surface area contributed by atoms with Crippen molar-refractivity contribution >= 4 is 24.0 Å². The van der Waals surface area contributed by atoms with Crippen LogP contribution in [0.4, 0.5) is 14.5 Å². The summed E-state index contributed by atoms with van der Waals surface area (Å²) >= 11 is 0. The molecule has 21 heavy (non-hydrogen) atoms. The minimum atomic E-state index is -0.764. The molecule has 1 fully saturated rings. The number of piperidine rings is 1. The highest BCUT2D eigenvalue weighted by Crippen LogP contribution is 2.17. The summed E-state index contributed by atoms with van der Waals surface area (Å²) < 4.78 is 26.2.